The van der Waals surface area contributed by atoms with E-state index in [2.05, 4.69) is 10.4 Å². The van der Waals surface area contributed by atoms with Gasteiger partial charge in [0.25, 0.3) is 5.91 Å². The smallest absolute Gasteiger partial charge is 0.251 e. The first-order valence-corrected chi connectivity index (χ1v) is 8.57. The number of aryl methyl sites for hydroxylation is 1. The number of rotatable bonds is 5. The van der Waals surface area contributed by atoms with E-state index in [-0.39, 0.29) is 18.2 Å². The molecule has 1 N–H and O–H groups in total. The highest BCUT2D eigenvalue weighted by Gasteiger charge is 2.21. The summed E-state index contributed by atoms with van der Waals surface area (Å²) in [5.74, 6) is -0.264. The van der Waals surface area contributed by atoms with Crippen LogP contribution in [0.3, 0.4) is 0 Å². The van der Waals surface area contributed by atoms with Gasteiger partial charge in [-0.1, -0.05) is 44.5 Å². The maximum atomic E-state index is 12.3. The lowest BCUT2D eigenvalue weighted by Crippen LogP contribution is -2.35. The largest absolute Gasteiger partial charge is 0.345 e. The first kappa shape index (κ1) is 19.2. The lowest BCUT2D eigenvalue weighted by atomic mass is 9.91. The van der Waals surface area contributed by atoms with Crippen LogP contribution in [0.25, 0.3) is 0 Å². The van der Waals surface area contributed by atoms with Gasteiger partial charge in [-0.15, -0.1) is 0 Å². The van der Waals surface area contributed by atoms with E-state index >= 15 is 0 Å². The normalized spacial score (nSPS) is 11.4. The van der Waals surface area contributed by atoms with Crippen LogP contribution in [0.5, 0.6) is 0 Å². The molecule has 0 aliphatic rings. The summed E-state index contributed by atoms with van der Waals surface area (Å²) in [6.45, 7) is 9.84. The lowest BCUT2D eigenvalue weighted by molar-refractivity contribution is -0.125. The van der Waals surface area contributed by atoms with Crippen molar-refractivity contribution >= 4 is 23.3 Å². The quantitative estimate of drug-likeness (QED) is 0.885. The Morgan fingerprint density at radius 1 is 1.24 bits per heavy atom. The van der Waals surface area contributed by atoms with Crippen LogP contribution in [0.1, 0.15) is 48.1 Å². The topological polar surface area (TPSA) is 64.0 Å². The molecule has 1 heterocycles. The fraction of sp³-hybridized carbons (Fsp3) is 0.421. The summed E-state index contributed by atoms with van der Waals surface area (Å²) < 4.78 is 1.82. The third kappa shape index (κ3) is 4.69. The molecule has 0 aliphatic carbocycles. The molecule has 0 saturated heterocycles. The summed E-state index contributed by atoms with van der Waals surface area (Å²) in [6.07, 6.45) is 0. The molecule has 0 atom stereocenters. The van der Waals surface area contributed by atoms with Gasteiger partial charge >= 0.3 is 0 Å². The van der Waals surface area contributed by atoms with E-state index in [1.807, 2.05) is 51.4 Å². The Morgan fingerprint density at radius 3 is 2.48 bits per heavy atom. The van der Waals surface area contributed by atoms with Gasteiger partial charge in [-0.25, -0.2) is 0 Å². The van der Waals surface area contributed by atoms with Gasteiger partial charge in [0, 0.05) is 11.0 Å². The minimum atomic E-state index is -0.468. The number of carbonyl (C=O) groups is 2. The zero-order valence-electron chi connectivity index (χ0n) is 15.3. The molecule has 0 unspecified atom stereocenters. The molecular weight excluding hydrogens is 338 g/mol. The van der Waals surface area contributed by atoms with Crippen molar-refractivity contribution in [2.24, 2.45) is 5.41 Å². The standard InChI is InChI=1S/C19H24ClN3O2/c1-12-17(20)13(2)23(22-12)11-14-7-6-8-15(9-14)18(25)21-10-16(24)19(3,4)5/h6-9H,10-11H2,1-5H3,(H,21,25). The first-order chi connectivity index (χ1) is 11.6. The van der Waals surface area contributed by atoms with Crippen molar-refractivity contribution in [2.75, 3.05) is 6.54 Å². The Kier molecular flexibility index (Phi) is 5.68. The van der Waals surface area contributed by atoms with Crippen LogP contribution in [0, 0.1) is 19.3 Å². The minimum absolute atomic E-state index is 0.00529. The van der Waals surface area contributed by atoms with Crippen LogP contribution in [0.2, 0.25) is 5.02 Å². The van der Waals surface area contributed by atoms with Gasteiger partial charge < -0.3 is 5.32 Å². The van der Waals surface area contributed by atoms with E-state index in [9.17, 15) is 9.59 Å². The summed E-state index contributed by atoms with van der Waals surface area (Å²) in [5.41, 5.74) is 2.67. The highest BCUT2D eigenvalue weighted by molar-refractivity contribution is 6.31. The van der Waals surface area contributed by atoms with E-state index in [4.69, 9.17) is 11.6 Å². The Bertz CT molecular complexity index is 803. The number of benzene rings is 1. The Hall–Kier alpha value is -2.14. The van der Waals surface area contributed by atoms with Crippen molar-refractivity contribution < 1.29 is 9.59 Å². The average Bonchev–Trinajstić information content (AvgIpc) is 2.78. The third-order valence-corrected chi connectivity index (χ3v) is 4.61. The van der Waals surface area contributed by atoms with E-state index in [0.717, 1.165) is 17.0 Å². The maximum absolute atomic E-state index is 12.3. The number of nitrogens with zero attached hydrogens (tertiary/aromatic N) is 2. The van der Waals surface area contributed by atoms with Gasteiger partial charge in [0.05, 0.1) is 29.5 Å². The molecule has 0 bridgehead atoms. The number of ketones is 1. The molecule has 0 aliphatic heterocycles. The molecule has 1 amide bonds. The monoisotopic (exact) mass is 361 g/mol. The van der Waals surface area contributed by atoms with Crippen LogP contribution in [-0.2, 0) is 11.3 Å². The molecule has 0 fully saturated rings. The summed E-state index contributed by atoms with van der Waals surface area (Å²) in [6, 6.07) is 7.29. The van der Waals surface area contributed by atoms with Crippen molar-refractivity contribution in [2.45, 2.75) is 41.2 Å². The van der Waals surface area contributed by atoms with Crippen molar-refractivity contribution in [3.63, 3.8) is 0 Å². The molecule has 2 aromatic rings. The zero-order valence-corrected chi connectivity index (χ0v) is 16.1. The summed E-state index contributed by atoms with van der Waals surface area (Å²) in [4.78, 5) is 24.2. The Morgan fingerprint density at radius 2 is 1.92 bits per heavy atom. The number of Topliss-reactive ketones (excluding diaryl/α,β-unsaturated/α-hetero) is 1. The van der Waals surface area contributed by atoms with Crippen LogP contribution in [0.4, 0.5) is 0 Å². The number of aromatic nitrogens is 2. The minimum Gasteiger partial charge on any atom is -0.345 e. The second kappa shape index (κ2) is 7.40. The molecule has 0 radical (unpaired) electrons. The first-order valence-electron chi connectivity index (χ1n) is 8.19. The van der Waals surface area contributed by atoms with Crippen molar-refractivity contribution in [1.29, 1.82) is 0 Å². The van der Waals surface area contributed by atoms with E-state index in [0.29, 0.717) is 17.1 Å². The predicted molar refractivity (Wildman–Crippen MR) is 99.1 cm³/mol. The molecular formula is C19H24ClN3O2. The molecule has 1 aromatic carbocycles. The van der Waals surface area contributed by atoms with Crippen molar-refractivity contribution in [1.82, 2.24) is 15.1 Å². The number of amides is 1. The average molecular weight is 362 g/mol. The number of halogens is 1. The van der Waals surface area contributed by atoms with Crippen LogP contribution in [0.15, 0.2) is 24.3 Å². The van der Waals surface area contributed by atoms with E-state index in [1.54, 1.807) is 12.1 Å². The SMILES string of the molecule is Cc1nn(Cc2cccc(C(=O)NCC(=O)C(C)(C)C)c2)c(C)c1Cl. The molecule has 2 rings (SSSR count). The second-order valence-electron chi connectivity index (χ2n) is 7.20. The maximum Gasteiger partial charge on any atom is 0.251 e. The van der Waals surface area contributed by atoms with Crippen LogP contribution < -0.4 is 5.32 Å². The summed E-state index contributed by atoms with van der Waals surface area (Å²) in [5, 5.41) is 7.76. The fourth-order valence-electron chi connectivity index (χ4n) is 2.34. The van der Waals surface area contributed by atoms with Gasteiger partial charge in [-0.05, 0) is 31.5 Å². The van der Waals surface area contributed by atoms with Crippen molar-refractivity contribution in [3.8, 4) is 0 Å². The van der Waals surface area contributed by atoms with Gasteiger partial charge in [0.1, 0.15) is 0 Å². The highest BCUT2D eigenvalue weighted by Crippen LogP contribution is 2.20. The molecule has 25 heavy (non-hydrogen) atoms. The van der Waals surface area contributed by atoms with Gasteiger partial charge in [0.2, 0.25) is 0 Å². The molecule has 1 aromatic heterocycles. The highest BCUT2D eigenvalue weighted by atomic mass is 35.5. The van der Waals surface area contributed by atoms with Gasteiger partial charge in [0.15, 0.2) is 5.78 Å². The second-order valence-corrected chi connectivity index (χ2v) is 7.58. The summed E-state index contributed by atoms with van der Waals surface area (Å²) >= 11 is 6.17. The summed E-state index contributed by atoms with van der Waals surface area (Å²) in [7, 11) is 0. The molecule has 134 valence electrons. The number of hydrogen-bond acceptors (Lipinski definition) is 3. The predicted octanol–water partition coefficient (Wildman–Crippen LogP) is 3.55. The Labute approximate surface area is 153 Å². The molecule has 0 spiro atoms. The zero-order chi connectivity index (χ0) is 18.8. The Balaban J connectivity index is 2.09. The van der Waals surface area contributed by atoms with Gasteiger partial charge in [-0.3, -0.25) is 14.3 Å². The fourth-order valence-corrected chi connectivity index (χ4v) is 2.48. The molecule has 0 saturated carbocycles. The van der Waals surface area contributed by atoms with Gasteiger partial charge in [-0.2, -0.15) is 5.10 Å². The number of carbonyl (C=O) groups excluding carboxylic acids is 2. The van der Waals surface area contributed by atoms with E-state index in [1.165, 1.54) is 0 Å². The number of nitrogens with one attached hydrogen (secondary N) is 1. The van der Waals surface area contributed by atoms with Crippen molar-refractivity contribution in [3.05, 3.63) is 51.8 Å². The molecule has 5 nitrogen and oxygen atoms in total. The van der Waals surface area contributed by atoms with Crippen LogP contribution in [-0.4, -0.2) is 28.0 Å². The molecule has 6 heteroatoms. The van der Waals surface area contributed by atoms with E-state index < -0.39 is 5.41 Å². The third-order valence-electron chi connectivity index (χ3n) is 4.06. The van der Waals surface area contributed by atoms with Crippen LogP contribution >= 0.6 is 11.6 Å². The number of hydrogen-bond donors (Lipinski definition) is 1. The lowest BCUT2D eigenvalue weighted by Gasteiger charge is -2.16.